The molecule has 0 aliphatic heterocycles. The van der Waals surface area contributed by atoms with E-state index in [0.717, 1.165) is 0 Å². The smallest absolute Gasteiger partial charge is 0.315 e. The lowest BCUT2D eigenvalue weighted by atomic mass is 10.2. The largest absolute Gasteiger partial charge is 0.496 e. The van der Waals surface area contributed by atoms with Crippen LogP contribution in [-0.2, 0) is 6.54 Å². The third-order valence-electron chi connectivity index (χ3n) is 2.83. The fourth-order valence-electron chi connectivity index (χ4n) is 1.76. The summed E-state index contributed by atoms with van der Waals surface area (Å²) in [6, 6.07) is 9.30. The third-order valence-corrected chi connectivity index (χ3v) is 3.07. The SMILES string of the molecule is COc1ccc(Oc2cc(Cl)ccc2CN)c([N+](=O)[O-])c1. The van der Waals surface area contributed by atoms with Crippen molar-refractivity contribution in [3.05, 3.63) is 57.1 Å². The van der Waals surface area contributed by atoms with Crippen LogP contribution in [0, 0.1) is 10.1 Å². The molecule has 2 aromatic rings. The van der Waals surface area contributed by atoms with Crippen molar-refractivity contribution < 1.29 is 14.4 Å². The first kappa shape index (κ1) is 15.1. The Bertz CT molecular complexity index is 676. The van der Waals surface area contributed by atoms with E-state index < -0.39 is 4.92 Å². The molecule has 0 saturated heterocycles. The molecule has 0 heterocycles. The van der Waals surface area contributed by atoms with Crippen molar-refractivity contribution in [2.45, 2.75) is 6.54 Å². The number of nitrogens with zero attached hydrogens (tertiary/aromatic N) is 1. The number of rotatable bonds is 5. The van der Waals surface area contributed by atoms with Crippen LogP contribution in [0.5, 0.6) is 17.2 Å². The lowest BCUT2D eigenvalue weighted by molar-refractivity contribution is -0.385. The Morgan fingerprint density at radius 2 is 2.00 bits per heavy atom. The van der Waals surface area contributed by atoms with Gasteiger partial charge in [-0.25, -0.2) is 0 Å². The molecule has 0 bridgehead atoms. The molecule has 0 saturated carbocycles. The molecule has 2 aromatic carbocycles. The van der Waals surface area contributed by atoms with Gasteiger partial charge in [0.15, 0.2) is 0 Å². The second-order valence-corrected chi connectivity index (χ2v) is 4.59. The predicted molar refractivity (Wildman–Crippen MR) is 79.1 cm³/mol. The minimum atomic E-state index is -0.537. The van der Waals surface area contributed by atoms with Crippen LogP contribution in [0.4, 0.5) is 5.69 Å². The lowest BCUT2D eigenvalue weighted by Crippen LogP contribution is -2.00. The van der Waals surface area contributed by atoms with Gasteiger partial charge in [-0.15, -0.1) is 0 Å². The average Bonchev–Trinajstić information content (AvgIpc) is 2.47. The molecule has 0 aliphatic carbocycles. The molecule has 0 radical (unpaired) electrons. The van der Waals surface area contributed by atoms with Crippen LogP contribution >= 0.6 is 11.6 Å². The molecular weight excluding hydrogens is 296 g/mol. The van der Waals surface area contributed by atoms with Crippen molar-refractivity contribution in [2.24, 2.45) is 5.73 Å². The van der Waals surface area contributed by atoms with E-state index in [1.807, 2.05) is 0 Å². The van der Waals surface area contributed by atoms with E-state index in [-0.39, 0.29) is 18.0 Å². The zero-order chi connectivity index (χ0) is 15.4. The molecule has 6 nitrogen and oxygen atoms in total. The standard InChI is InChI=1S/C14H13ClN2O4/c1-20-11-4-5-13(12(7-11)17(18)19)21-14-6-10(15)3-2-9(14)8-16/h2-7H,8,16H2,1H3. The predicted octanol–water partition coefficient (Wildman–Crippen LogP) is 3.51. The highest BCUT2D eigenvalue weighted by molar-refractivity contribution is 6.30. The monoisotopic (exact) mass is 308 g/mol. The Labute approximate surface area is 126 Å². The van der Waals surface area contributed by atoms with Crippen LogP contribution in [0.15, 0.2) is 36.4 Å². The van der Waals surface area contributed by atoms with Crippen molar-refractivity contribution >= 4 is 17.3 Å². The van der Waals surface area contributed by atoms with Crippen LogP contribution in [0.3, 0.4) is 0 Å². The highest BCUT2D eigenvalue weighted by Gasteiger charge is 2.18. The van der Waals surface area contributed by atoms with Gasteiger partial charge in [-0.2, -0.15) is 0 Å². The number of ether oxygens (including phenoxy) is 2. The topological polar surface area (TPSA) is 87.6 Å². The van der Waals surface area contributed by atoms with Gasteiger partial charge < -0.3 is 15.2 Å². The quantitative estimate of drug-likeness (QED) is 0.674. The summed E-state index contributed by atoms with van der Waals surface area (Å²) in [5.74, 6) is 0.857. The van der Waals surface area contributed by atoms with Gasteiger partial charge in [-0.1, -0.05) is 17.7 Å². The van der Waals surface area contributed by atoms with Gasteiger partial charge in [0.25, 0.3) is 0 Å². The minimum absolute atomic E-state index is 0.0952. The fraction of sp³-hybridized carbons (Fsp3) is 0.143. The first-order chi connectivity index (χ1) is 10.0. The highest BCUT2D eigenvalue weighted by atomic mass is 35.5. The summed E-state index contributed by atoms with van der Waals surface area (Å²) in [4.78, 5) is 10.6. The zero-order valence-electron chi connectivity index (χ0n) is 11.2. The Balaban J connectivity index is 2.44. The number of methoxy groups -OCH3 is 1. The number of benzene rings is 2. The van der Waals surface area contributed by atoms with Crippen LogP contribution < -0.4 is 15.2 Å². The Kier molecular flexibility index (Phi) is 4.62. The van der Waals surface area contributed by atoms with Crippen LogP contribution in [-0.4, -0.2) is 12.0 Å². The van der Waals surface area contributed by atoms with Gasteiger partial charge in [-0.05, 0) is 24.3 Å². The fourth-order valence-corrected chi connectivity index (χ4v) is 1.93. The van der Waals surface area contributed by atoms with Gasteiger partial charge in [0, 0.05) is 17.1 Å². The number of halogens is 1. The van der Waals surface area contributed by atoms with Crippen LogP contribution in [0.1, 0.15) is 5.56 Å². The maximum atomic E-state index is 11.1. The molecular formula is C14H13ClN2O4. The summed E-state index contributed by atoms with van der Waals surface area (Å²) < 4.78 is 10.6. The number of hydrogen-bond acceptors (Lipinski definition) is 5. The summed E-state index contributed by atoms with van der Waals surface area (Å²) in [6.45, 7) is 0.233. The van der Waals surface area contributed by atoms with E-state index in [2.05, 4.69) is 0 Å². The third kappa shape index (κ3) is 3.42. The van der Waals surface area contributed by atoms with Gasteiger partial charge in [0.05, 0.1) is 18.1 Å². The van der Waals surface area contributed by atoms with Crippen molar-refractivity contribution in [1.29, 1.82) is 0 Å². The Morgan fingerprint density at radius 3 is 2.62 bits per heavy atom. The van der Waals surface area contributed by atoms with E-state index in [4.69, 9.17) is 26.8 Å². The Morgan fingerprint density at radius 1 is 1.24 bits per heavy atom. The first-order valence-corrected chi connectivity index (χ1v) is 6.41. The lowest BCUT2D eigenvalue weighted by Gasteiger charge is -2.11. The summed E-state index contributed by atoms with van der Waals surface area (Å²) in [6.07, 6.45) is 0. The maximum absolute atomic E-state index is 11.1. The van der Waals surface area contributed by atoms with Gasteiger partial charge in [0.2, 0.25) is 5.75 Å². The maximum Gasteiger partial charge on any atom is 0.315 e. The molecule has 0 spiro atoms. The van der Waals surface area contributed by atoms with Crippen LogP contribution in [0.2, 0.25) is 5.02 Å². The van der Waals surface area contributed by atoms with Gasteiger partial charge >= 0.3 is 5.69 Å². The van der Waals surface area contributed by atoms with Crippen molar-refractivity contribution in [3.8, 4) is 17.2 Å². The van der Waals surface area contributed by atoms with Crippen molar-refractivity contribution in [3.63, 3.8) is 0 Å². The minimum Gasteiger partial charge on any atom is -0.496 e. The second kappa shape index (κ2) is 6.43. The summed E-state index contributed by atoms with van der Waals surface area (Å²) in [7, 11) is 1.43. The van der Waals surface area contributed by atoms with E-state index in [1.54, 1.807) is 24.3 Å². The van der Waals surface area contributed by atoms with E-state index in [9.17, 15) is 10.1 Å². The number of nitrogens with two attached hydrogens (primary N) is 1. The molecule has 2 N–H and O–H groups in total. The average molecular weight is 309 g/mol. The van der Waals surface area contributed by atoms with Gasteiger partial charge in [0.1, 0.15) is 11.5 Å². The summed E-state index contributed by atoms with van der Waals surface area (Å²) in [5, 5.41) is 11.6. The molecule has 0 aliphatic rings. The highest BCUT2D eigenvalue weighted by Crippen LogP contribution is 2.36. The Hall–Kier alpha value is -2.31. The van der Waals surface area contributed by atoms with E-state index in [1.165, 1.54) is 19.2 Å². The molecule has 0 aromatic heterocycles. The number of nitro groups is 1. The second-order valence-electron chi connectivity index (χ2n) is 4.15. The summed E-state index contributed by atoms with van der Waals surface area (Å²) >= 11 is 5.92. The van der Waals surface area contributed by atoms with Crippen LogP contribution in [0.25, 0.3) is 0 Å². The molecule has 0 atom stereocenters. The zero-order valence-corrected chi connectivity index (χ0v) is 12.0. The van der Waals surface area contributed by atoms with E-state index >= 15 is 0 Å². The number of nitro benzene ring substituents is 1. The first-order valence-electron chi connectivity index (χ1n) is 6.04. The van der Waals surface area contributed by atoms with Crippen molar-refractivity contribution in [1.82, 2.24) is 0 Å². The van der Waals surface area contributed by atoms with Crippen molar-refractivity contribution in [2.75, 3.05) is 7.11 Å². The molecule has 110 valence electrons. The normalized spacial score (nSPS) is 10.2. The molecule has 7 heteroatoms. The molecule has 0 unspecified atom stereocenters. The summed E-state index contributed by atoms with van der Waals surface area (Å²) in [5.41, 5.74) is 6.12. The van der Waals surface area contributed by atoms with Gasteiger partial charge in [-0.3, -0.25) is 10.1 Å². The molecule has 0 fully saturated rings. The molecule has 21 heavy (non-hydrogen) atoms. The number of hydrogen-bond donors (Lipinski definition) is 1. The van der Waals surface area contributed by atoms with E-state index in [0.29, 0.717) is 22.1 Å². The molecule has 2 rings (SSSR count). The molecule has 0 amide bonds.